The maximum absolute atomic E-state index is 13.3. The lowest BCUT2D eigenvalue weighted by molar-refractivity contribution is -0.359. The standard InChI is InChI=1S/C68H125NO13/c1-3-5-7-9-11-13-15-17-19-21-22-23-24-25-26-27-28-29-30-31-32-33-34-36-37-39-41-43-45-47-49-51-57(72)56(69-60(73)52-50-48-46-44-42-40-38-35-20-18-16-14-12-10-8-6-4-2)55-79-67-65(78)63(76)66(59(54-71)81-67)82-68-64(77)62(75)61(74)58(53-70)80-68/h6,8,12,14,18,20,49,51,56-59,61-68,70-72,74-78H,3-5,7,9-11,13,15-17,19,21-48,50,52-55H2,1-2H3,(H,69,73)/b8-6-,14-12-,20-18-,51-49+. The van der Waals surface area contributed by atoms with E-state index in [4.69, 9.17) is 18.9 Å². The number of ether oxygens (including phenoxy) is 4. The zero-order valence-corrected chi connectivity index (χ0v) is 52.0. The van der Waals surface area contributed by atoms with Crippen LogP contribution in [-0.4, -0.2) is 140 Å². The number of allylic oxidation sites excluding steroid dienone is 7. The molecular weight excluding hydrogens is 1040 g/mol. The monoisotopic (exact) mass is 1160 g/mol. The van der Waals surface area contributed by atoms with E-state index in [2.05, 4.69) is 55.6 Å². The summed E-state index contributed by atoms with van der Waals surface area (Å²) in [5.74, 6) is -0.248. The van der Waals surface area contributed by atoms with Crippen LogP contribution in [-0.2, 0) is 23.7 Å². The van der Waals surface area contributed by atoms with Crippen LogP contribution in [0.1, 0.15) is 284 Å². The molecule has 480 valence electrons. The molecule has 1 amide bonds. The number of hydrogen-bond donors (Lipinski definition) is 9. The van der Waals surface area contributed by atoms with E-state index in [1.54, 1.807) is 6.08 Å². The van der Waals surface area contributed by atoms with E-state index in [1.165, 1.54) is 186 Å². The molecule has 0 radical (unpaired) electrons. The number of hydrogen-bond acceptors (Lipinski definition) is 13. The fraction of sp³-hybridized carbons (Fsp3) is 0.868. The number of carbonyl (C=O) groups is 1. The second kappa shape index (κ2) is 53.2. The number of rotatable bonds is 55. The Hall–Kier alpha value is -2.05. The molecule has 2 aliphatic rings. The van der Waals surface area contributed by atoms with Gasteiger partial charge in [0.25, 0.3) is 0 Å². The number of aliphatic hydroxyl groups is 8. The van der Waals surface area contributed by atoms with Crippen LogP contribution in [0.25, 0.3) is 0 Å². The predicted octanol–water partition coefficient (Wildman–Crippen LogP) is 13.1. The van der Waals surface area contributed by atoms with Crippen LogP contribution in [0.4, 0.5) is 0 Å². The molecule has 2 aliphatic heterocycles. The highest BCUT2D eigenvalue weighted by Crippen LogP contribution is 2.30. The van der Waals surface area contributed by atoms with Crippen molar-refractivity contribution in [2.75, 3.05) is 19.8 Å². The summed E-state index contributed by atoms with van der Waals surface area (Å²) in [6.07, 6.45) is 51.7. The van der Waals surface area contributed by atoms with Crippen molar-refractivity contribution in [3.05, 3.63) is 48.6 Å². The van der Waals surface area contributed by atoms with Crippen molar-refractivity contribution in [2.24, 2.45) is 0 Å². The highest BCUT2D eigenvalue weighted by molar-refractivity contribution is 5.76. The van der Waals surface area contributed by atoms with Crippen molar-refractivity contribution in [2.45, 2.75) is 357 Å². The molecule has 2 fully saturated rings. The molecule has 2 heterocycles. The molecule has 2 rings (SSSR count). The molecule has 0 aromatic heterocycles. The van der Waals surface area contributed by atoms with Gasteiger partial charge in [-0.05, 0) is 51.4 Å². The van der Waals surface area contributed by atoms with E-state index in [1.807, 2.05) is 6.08 Å². The minimum Gasteiger partial charge on any atom is -0.394 e. The van der Waals surface area contributed by atoms with E-state index < -0.39 is 86.8 Å². The van der Waals surface area contributed by atoms with E-state index >= 15 is 0 Å². The summed E-state index contributed by atoms with van der Waals surface area (Å²) < 4.78 is 22.8. The highest BCUT2D eigenvalue weighted by atomic mass is 16.7. The Bertz CT molecular complexity index is 1560. The Morgan fingerprint density at radius 1 is 0.451 bits per heavy atom. The maximum Gasteiger partial charge on any atom is 0.220 e. The van der Waals surface area contributed by atoms with Gasteiger partial charge in [-0.15, -0.1) is 0 Å². The van der Waals surface area contributed by atoms with Crippen LogP contribution >= 0.6 is 0 Å². The maximum atomic E-state index is 13.3. The molecule has 0 aliphatic carbocycles. The van der Waals surface area contributed by atoms with Gasteiger partial charge in [-0.25, -0.2) is 0 Å². The second-order valence-corrected chi connectivity index (χ2v) is 23.9. The van der Waals surface area contributed by atoms with Crippen LogP contribution in [0.2, 0.25) is 0 Å². The molecule has 12 atom stereocenters. The molecule has 2 saturated heterocycles. The van der Waals surface area contributed by atoms with Gasteiger partial charge in [-0.2, -0.15) is 0 Å². The first-order valence-electron chi connectivity index (χ1n) is 33.9. The van der Waals surface area contributed by atoms with Gasteiger partial charge in [0.05, 0.1) is 32.0 Å². The van der Waals surface area contributed by atoms with Crippen molar-refractivity contribution in [1.82, 2.24) is 5.32 Å². The molecule has 0 aromatic carbocycles. The Balaban J connectivity index is 1.67. The molecule has 14 heteroatoms. The third-order valence-electron chi connectivity index (χ3n) is 16.5. The van der Waals surface area contributed by atoms with E-state index in [-0.39, 0.29) is 18.9 Å². The van der Waals surface area contributed by atoms with E-state index in [9.17, 15) is 45.6 Å². The summed E-state index contributed by atoms with van der Waals surface area (Å²) in [7, 11) is 0. The van der Waals surface area contributed by atoms with Crippen molar-refractivity contribution in [3.8, 4) is 0 Å². The molecular formula is C68H125NO13. The lowest BCUT2D eigenvalue weighted by Gasteiger charge is -2.46. The number of unbranched alkanes of at least 4 members (excludes halogenated alkanes) is 36. The van der Waals surface area contributed by atoms with Gasteiger partial charge in [-0.3, -0.25) is 4.79 Å². The number of carbonyl (C=O) groups excluding carboxylic acids is 1. The van der Waals surface area contributed by atoms with Crippen molar-refractivity contribution in [3.63, 3.8) is 0 Å². The molecule has 12 unspecified atom stereocenters. The van der Waals surface area contributed by atoms with Gasteiger partial charge in [0.15, 0.2) is 12.6 Å². The zero-order valence-electron chi connectivity index (χ0n) is 52.0. The Labute approximate surface area is 499 Å². The average molecular weight is 1160 g/mol. The predicted molar refractivity (Wildman–Crippen MR) is 332 cm³/mol. The summed E-state index contributed by atoms with van der Waals surface area (Å²) in [4.78, 5) is 13.3. The number of aliphatic hydroxyl groups excluding tert-OH is 8. The summed E-state index contributed by atoms with van der Waals surface area (Å²) in [6.45, 7) is 2.71. The summed E-state index contributed by atoms with van der Waals surface area (Å²) >= 11 is 0. The zero-order chi connectivity index (χ0) is 59.5. The van der Waals surface area contributed by atoms with E-state index in [0.29, 0.717) is 6.42 Å². The molecule has 0 saturated carbocycles. The molecule has 0 bridgehead atoms. The van der Waals surface area contributed by atoms with Crippen LogP contribution in [0, 0.1) is 0 Å². The molecule has 14 nitrogen and oxygen atoms in total. The minimum absolute atomic E-state index is 0.248. The smallest absolute Gasteiger partial charge is 0.220 e. The van der Waals surface area contributed by atoms with Gasteiger partial charge in [-0.1, -0.05) is 274 Å². The van der Waals surface area contributed by atoms with Gasteiger partial charge in [0, 0.05) is 6.42 Å². The number of nitrogens with one attached hydrogen (secondary N) is 1. The molecule has 9 N–H and O–H groups in total. The molecule has 0 aromatic rings. The Morgan fingerprint density at radius 3 is 1.29 bits per heavy atom. The van der Waals surface area contributed by atoms with Crippen LogP contribution in [0.5, 0.6) is 0 Å². The summed E-state index contributed by atoms with van der Waals surface area (Å²) in [5.41, 5.74) is 0. The number of amides is 1. The van der Waals surface area contributed by atoms with Gasteiger partial charge >= 0.3 is 0 Å². The van der Waals surface area contributed by atoms with Crippen molar-refractivity contribution >= 4 is 5.91 Å². The van der Waals surface area contributed by atoms with Gasteiger partial charge in [0.1, 0.15) is 48.8 Å². The van der Waals surface area contributed by atoms with Crippen LogP contribution in [0.3, 0.4) is 0 Å². The van der Waals surface area contributed by atoms with Gasteiger partial charge in [0.2, 0.25) is 5.91 Å². The Kier molecular flexibility index (Phi) is 49.3. The normalized spacial score (nSPS) is 24.2. The van der Waals surface area contributed by atoms with Gasteiger partial charge < -0.3 is 65.1 Å². The fourth-order valence-corrected chi connectivity index (χ4v) is 11.1. The third-order valence-corrected chi connectivity index (χ3v) is 16.5. The topological polar surface area (TPSA) is 228 Å². The highest BCUT2D eigenvalue weighted by Gasteiger charge is 2.51. The summed E-state index contributed by atoms with van der Waals surface area (Å²) in [5, 5.41) is 87.3. The first-order valence-corrected chi connectivity index (χ1v) is 33.9. The SMILES string of the molecule is CC/C=C\C/C=C\C/C=C\CCCCCCCCCC(=O)NC(COC1OC(CO)C(OC2OC(CO)C(O)C(O)C2O)C(O)C1O)C(O)/C=C/CCCCCCCCCCCCCCCCCCCCCCCCCCCCCCC. The molecule has 82 heavy (non-hydrogen) atoms. The molecule has 0 spiro atoms. The second-order valence-electron chi connectivity index (χ2n) is 23.9. The van der Waals surface area contributed by atoms with E-state index in [0.717, 1.165) is 70.6 Å². The van der Waals surface area contributed by atoms with Crippen molar-refractivity contribution < 1.29 is 64.6 Å². The average Bonchev–Trinajstić information content (AvgIpc) is 3.49. The van der Waals surface area contributed by atoms with Crippen LogP contribution in [0.15, 0.2) is 48.6 Å². The Morgan fingerprint density at radius 2 is 0.841 bits per heavy atom. The van der Waals surface area contributed by atoms with Crippen molar-refractivity contribution in [1.29, 1.82) is 0 Å². The minimum atomic E-state index is -1.79. The summed E-state index contributed by atoms with van der Waals surface area (Å²) in [6, 6.07) is -0.922. The van der Waals surface area contributed by atoms with Crippen LogP contribution < -0.4 is 5.32 Å². The first kappa shape index (κ1) is 76.0. The largest absolute Gasteiger partial charge is 0.394 e. The lowest BCUT2D eigenvalue weighted by Crippen LogP contribution is -2.65. The quantitative estimate of drug-likeness (QED) is 0.0204. The first-order chi connectivity index (χ1) is 40.1. The fourth-order valence-electron chi connectivity index (χ4n) is 11.1. The lowest BCUT2D eigenvalue weighted by atomic mass is 9.97. The third kappa shape index (κ3) is 37.5.